The van der Waals surface area contributed by atoms with E-state index in [-0.39, 0.29) is 21.4 Å². The molecular weight excluding hydrogens is 409 g/mol. The first-order valence-electron chi connectivity index (χ1n) is 9.66. The molecule has 0 aliphatic rings. The summed E-state index contributed by atoms with van der Waals surface area (Å²) < 4.78 is 0.874. The average molecular weight is 447 g/mol. The molecule has 1 unspecified atom stereocenters. The van der Waals surface area contributed by atoms with Gasteiger partial charge in [0.1, 0.15) is 0 Å². The smallest absolute Gasteiger partial charge is 0.0845 e. The summed E-state index contributed by atoms with van der Waals surface area (Å²) in [7, 11) is 0.168. The predicted octanol–water partition coefficient (Wildman–Crippen LogP) is 8.91. The van der Waals surface area contributed by atoms with Crippen LogP contribution in [0.15, 0.2) is 12.1 Å². The number of hydrogen-bond donors (Lipinski definition) is 0. The van der Waals surface area contributed by atoms with Crippen LogP contribution in [0, 0.1) is 0 Å². The highest BCUT2D eigenvalue weighted by Crippen LogP contribution is 2.58. The van der Waals surface area contributed by atoms with Gasteiger partial charge in [0.15, 0.2) is 0 Å². The van der Waals surface area contributed by atoms with Gasteiger partial charge in [0.2, 0.25) is 0 Å². The Labute approximate surface area is 181 Å². The highest BCUT2D eigenvalue weighted by molar-refractivity contribution is 8.07. The first-order valence-corrected chi connectivity index (χ1v) is 13.2. The van der Waals surface area contributed by atoms with Gasteiger partial charge in [0.25, 0.3) is 0 Å². The minimum Gasteiger partial charge on any atom is -0.0892 e. The molecule has 0 saturated heterocycles. The third-order valence-electron chi connectivity index (χ3n) is 4.55. The zero-order valence-electron chi connectivity index (χ0n) is 19.3. The first kappa shape index (κ1) is 25.4. The quantitative estimate of drug-likeness (QED) is 0.397. The highest BCUT2D eigenvalue weighted by Gasteiger charge is 2.31. The molecule has 0 fully saturated rings. The Bertz CT molecular complexity index is 671. The summed E-state index contributed by atoms with van der Waals surface area (Å²) in [6.07, 6.45) is 0. The van der Waals surface area contributed by atoms with Crippen LogP contribution < -0.4 is 5.30 Å². The van der Waals surface area contributed by atoms with Gasteiger partial charge in [-0.15, -0.1) is 0 Å². The Morgan fingerprint density at radius 1 is 0.741 bits per heavy atom. The summed E-state index contributed by atoms with van der Waals surface area (Å²) in [5, 5.41) is 1.33. The van der Waals surface area contributed by atoms with Gasteiger partial charge >= 0.3 is 0 Å². The van der Waals surface area contributed by atoms with Crippen LogP contribution in [0.4, 0.5) is 0 Å². The minimum absolute atomic E-state index is 0.00385. The van der Waals surface area contributed by atoms with E-state index < -0.39 is 7.27 Å². The third kappa shape index (κ3) is 6.71. The lowest BCUT2D eigenvalue weighted by molar-refractivity contribution is 0.554. The molecule has 4 heteroatoms. The Hall–Kier alpha value is 0.400. The standard InChI is InChI=1S/C23H38Cl2P2/c1-20(2,3)15-13-16(21(4,5)6)18(17(14-15)22(7,8)9)26-19(24)27(25)23(10,11)12/h13-14H,1-12H3. The Balaban J connectivity index is 3.91. The lowest BCUT2D eigenvalue weighted by atomic mass is 9.75. The Morgan fingerprint density at radius 2 is 1.11 bits per heavy atom. The summed E-state index contributed by atoms with van der Waals surface area (Å²) in [5.41, 5.74) is 4.33. The molecule has 0 N–H and O–H groups in total. The van der Waals surface area contributed by atoms with Gasteiger partial charge < -0.3 is 0 Å². The summed E-state index contributed by atoms with van der Waals surface area (Å²) in [6, 6.07) is 4.80. The van der Waals surface area contributed by atoms with E-state index in [9.17, 15) is 0 Å². The van der Waals surface area contributed by atoms with Gasteiger partial charge in [-0.1, -0.05) is 118 Å². The van der Waals surface area contributed by atoms with Crippen LogP contribution in [-0.4, -0.2) is 9.65 Å². The maximum Gasteiger partial charge on any atom is 0.0845 e. The molecule has 0 spiro atoms. The van der Waals surface area contributed by atoms with Crippen LogP contribution >= 0.6 is 38.3 Å². The van der Waals surface area contributed by atoms with Crippen LogP contribution in [0.1, 0.15) is 99.8 Å². The van der Waals surface area contributed by atoms with Gasteiger partial charge in [0, 0.05) is 17.7 Å². The molecular formula is C23H38Cl2P2. The number of halogens is 2. The minimum atomic E-state index is -0.891. The van der Waals surface area contributed by atoms with E-state index in [1.165, 1.54) is 22.0 Å². The SMILES string of the molecule is CC(C)(C)c1cc(C(C)(C)C)c(P=C(Cl)P(Cl)C(C)(C)C)c(C(C)(C)C)c1. The van der Waals surface area contributed by atoms with E-state index in [1.54, 1.807) is 0 Å². The third-order valence-corrected chi connectivity index (χ3v) is 11.2. The van der Waals surface area contributed by atoms with E-state index in [0.717, 1.165) is 12.7 Å². The summed E-state index contributed by atoms with van der Waals surface area (Å²) in [6.45, 7) is 27.1. The van der Waals surface area contributed by atoms with Crippen LogP contribution in [0.25, 0.3) is 0 Å². The van der Waals surface area contributed by atoms with E-state index >= 15 is 0 Å². The average Bonchev–Trinajstić information content (AvgIpc) is 2.41. The van der Waals surface area contributed by atoms with E-state index in [2.05, 4.69) is 95.2 Å². The van der Waals surface area contributed by atoms with Crippen LogP contribution in [0.3, 0.4) is 0 Å². The van der Waals surface area contributed by atoms with Crippen molar-refractivity contribution in [3.63, 3.8) is 0 Å². The molecule has 1 aromatic carbocycles. The summed E-state index contributed by atoms with van der Waals surface area (Å²) in [4.78, 5) is 0. The molecule has 0 aromatic heterocycles. The van der Waals surface area contributed by atoms with Crippen molar-refractivity contribution in [3.05, 3.63) is 28.8 Å². The molecule has 0 amide bonds. The molecule has 0 saturated carbocycles. The molecule has 1 atom stereocenters. The topological polar surface area (TPSA) is 0 Å². The van der Waals surface area contributed by atoms with Gasteiger partial charge in [-0.05, 0) is 41.1 Å². The number of rotatable bonds is 2. The Morgan fingerprint density at radius 3 is 1.37 bits per heavy atom. The second kappa shape index (κ2) is 8.26. The molecule has 0 heterocycles. The van der Waals surface area contributed by atoms with E-state index in [4.69, 9.17) is 22.8 Å². The van der Waals surface area contributed by atoms with Gasteiger partial charge in [-0.3, -0.25) is 0 Å². The van der Waals surface area contributed by atoms with Crippen molar-refractivity contribution in [1.29, 1.82) is 0 Å². The molecule has 1 aromatic rings. The van der Waals surface area contributed by atoms with Gasteiger partial charge in [-0.2, -0.15) is 0 Å². The lowest BCUT2D eigenvalue weighted by Crippen LogP contribution is -2.30. The van der Waals surface area contributed by atoms with Crippen LogP contribution in [0.5, 0.6) is 0 Å². The van der Waals surface area contributed by atoms with Crippen molar-refractivity contribution in [1.82, 2.24) is 0 Å². The molecule has 0 nitrogen and oxygen atoms in total. The second-order valence-electron chi connectivity index (χ2n) is 11.5. The van der Waals surface area contributed by atoms with Crippen molar-refractivity contribution < 1.29 is 0 Å². The maximum absolute atomic E-state index is 6.83. The van der Waals surface area contributed by atoms with Crippen molar-refractivity contribution in [2.24, 2.45) is 0 Å². The van der Waals surface area contributed by atoms with Gasteiger partial charge in [-0.25, -0.2) is 0 Å². The lowest BCUT2D eigenvalue weighted by Gasteiger charge is -2.33. The van der Waals surface area contributed by atoms with E-state index in [1.807, 2.05) is 0 Å². The van der Waals surface area contributed by atoms with Crippen molar-refractivity contribution in [2.45, 2.75) is 104 Å². The predicted molar refractivity (Wildman–Crippen MR) is 132 cm³/mol. The summed E-state index contributed by atoms with van der Waals surface area (Å²) >= 11 is 13.6. The molecule has 27 heavy (non-hydrogen) atoms. The molecule has 0 aliphatic carbocycles. The molecule has 154 valence electrons. The van der Waals surface area contributed by atoms with Crippen molar-refractivity contribution in [3.8, 4) is 0 Å². The molecule has 0 bridgehead atoms. The molecule has 0 aliphatic heterocycles. The van der Waals surface area contributed by atoms with E-state index in [0.29, 0.717) is 0 Å². The molecule has 1 rings (SSSR count). The monoisotopic (exact) mass is 446 g/mol. The number of benzene rings is 1. The second-order valence-corrected chi connectivity index (χ2v) is 17.2. The van der Waals surface area contributed by atoms with Crippen molar-refractivity contribution in [2.75, 3.05) is 0 Å². The first-order chi connectivity index (χ1) is 11.8. The fourth-order valence-electron chi connectivity index (χ4n) is 2.74. The normalized spacial score (nSPS) is 15.9. The van der Waals surface area contributed by atoms with Crippen molar-refractivity contribution >= 4 is 48.1 Å². The summed E-state index contributed by atoms with van der Waals surface area (Å²) in [5.74, 6) is 0. The zero-order chi connectivity index (χ0) is 21.6. The van der Waals surface area contributed by atoms with Gasteiger partial charge in [0.05, 0.1) is 4.49 Å². The Kier molecular flexibility index (Phi) is 7.78. The maximum atomic E-state index is 6.83. The highest BCUT2D eigenvalue weighted by atomic mass is 35.7. The zero-order valence-corrected chi connectivity index (χ0v) is 22.6. The van der Waals surface area contributed by atoms with Crippen LogP contribution in [-0.2, 0) is 16.2 Å². The number of hydrogen-bond acceptors (Lipinski definition) is 0. The van der Waals surface area contributed by atoms with Crippen LogP contribution in [0.2, 0.25) is 0 Å². The molecule has 0 radical (unpaired) electrons. The fourth-order valence-corrected chi connectivity index (χ4v) is 7.43. The fraction of sp³-hybridized carbons (Fsp3) is 0.696. The largest absolute Gasteiger partial charge is 0.0892 e.